The van der Waals surface area contributed by atoms with Crippen LogP contribution in [0.4, 0.5) is 22.0 Å². The Bertz CT molecular complexity index is 896. The Morgan fingerprint density at radius 1 is 0.963 bits per heavy atom. The molecule has 2 saturated carbocycles. The molecule has 150 valence electrons. The van der Waals surface area contributed by atoms with Crippen LogP contribution < -0.4 is 0 Å². The average Bonchev–Trinajstić information content (AvgIpc) is 2.92. The zero-order chi connectivity index (χ0) is 20.4. The Labute approximate surface area is 153 Å². The Hall–Kier alpha value is -1.51. The van der Waals surface area contributed by atoms with Crippen LogP contribution >= 0.6 is 0 Å². The Balaban J connectivity index is 1.85. The molecule has 2 bridgehead atoms. The van der Waals surface area contributed by atoms with Gasteiger partial charge >= 0.3 is 0 Å². The molecule has 27 heavy (non-hydrogen) atoms. The summed E-state index contributed by atoms with van der Waals surface area (Å²) in [6.07, 6.45) is 1.99. The van der Waals surface area contributed by atoms with E-state index in [4.69, 9.17) is 0 Å². The molecule has 0 amide bonds. The van der Waals surface area contributed by atoms with E-state index in [0.717, 1.165) is 6.42 Å². The van der Waals surface area contributed by atoms with Gasteiger partial charge in [0.2, 0.25) is 5.82 Å². The fraction of sp³-hybridized carbons (Fsp3) is 0.611. The molecule has 2 aliphatic carbocycles. The van der Waals surface area contributed by atoms with Gasteiger partial charge < -0.3 is 0 Å². The maximum absolute atomic E-state index is 13.8. The molecule has 0 aromatic heterocycles. The maximum atomic E-state index is 13.8. The molecule has 9 heteroatoms. The lowest BCUT2D eigenvalue weighted by Crippen LogP contribution is -2.36. The zero-order valence-electron chi connectivity index (χ0n) is 14.8. The molecule has 3 rings (SSSR count). The summed E-state index contributed by atoms with van der Waals surface area (Å²) < 4.78 is 91.9. The molecule has 0 spiro atoms. The van der Waals surface area contributed by atoms with Gasteiger partial charge in [-0.2, -0.15) is 0 Å². The van der Waals surface area contributed by atoms with Crippen molar-refractivity contribution < 1.29 is 35.2 Å². The van der Waals surface area contributed by atoms with Crippen molar-refractivity contribution in [3.63, 3.8) is 0 Å². The first-order chi connectivity index (χ1) is 12.4. The van der Waals surface area contributed by atoms with Gasteiger partial charge in [0, 0.05) is 11.8 Å². The molecule has 0 saturated heterocycles. The summed E-state index contributed by atoms with van der Waals surface area (Å²) in [6, 6.07) is 0. The van der Waals surface area contributed by atoms with Gasteiger partial charge in [0.25, 0.3) is 0 Å². The predicted molar refractivity (Wildman–Crippen MR) is 86.1 cm³/mol. The number of hydrogen-bond acceptors (Lipinski definition) is 3. The number of Topliss-reactive ketones (excluding diaryl/α,β-unsaturated/α-hetero) is 1. The summed E-state index contributed by atoms with van der Waals surface area (Å²) in [4.78, 5) is 10.6. The van der Waals surface area contributed by atoms with Crippen molar-refractivity contribution in [3.05, 3.63) is 29.1 Å². The van der Waals surface area contributed by atoms with Crippen molar-refractivity contribution in [1.82, 2.24) is 0 Å². The number of hydrogen-bond donors (Lipinski definition) is 0. The molecule has 2 fully saturated rings. The summed E-state index contributed by atoms with van der Waals surface area (Å²) in [6.45, 7) is 3.91. The molecule has 2 unspecified atom stereocenters. The second kappa shape index (κ2) is 6.25. The highest BCUT2D eigenvalue weighted by Gasteiger charge is 2.63. The van der Waals surface area contributed by atoms with Crippen molar-refractivity contribution in [3.8, 4) is 0 Å². The molecule has 0 N–H and O–H groups in total. The minimum atomic E-state index is -4.76. The summed E-state index contributed by atoms with van der Waals surface area (Å²) in [5.41, 5.74) is -0.998. The van der Waals surface area contributed by atoms with Crippen LogP contribution in [0.3, 0.4) is 0 Å². The third-order valence-electron chi connectivity index (χ3n) is 6.64. The van der Waals surface area contributed by atoms with Gasteiger partial charge in [-0.05, 0) is 37.0 Å². The summed E-state index contributed by atoms with van der Waals surface area (Å²) >= 11 is 0. The topological polar surface area (TPSA) is 51.2 Å². The highest BCUT2D eigenvalue weighted by molar-refractivity contribution is 7.91. The normalized spacial score (nSPS) is 26.8. The summed E-state index contributed by atoms with van der Waals surface area (Å²) in [5, 5.41) is 0. The molecular formula is C18H19F5O3S. The molecule has 3 nitrogen and oxygen atoms in total. The molecule has 2 aliphatic rings. The SMILES string of the molecule is CC1(C)C2CCC1(CCCS(=O)(=O)c1c(F)c(F)c(F)c(F)c1F)C(=O)C2. The number of carbonyl (C=O) groups excluding carboxylic acids is 1. The van der Waals surface area contributed by atoms with E-state index in [1.54, 1.807) is 0 Å². The molecule has 0 heterocycles. The van der Waals surface area contributed by atoms with E-state index < -0.39 is 55.0 Å². The number of carbonyl (C=O) groups is 1. The quantitative estimate of drug-likeness (QED) is 0.314. The van der Waals surface area contributed by atoms with Gasteiger partial charge in [0.05, 0.1) is 5.75 Å². The van der Waals surface area contributed by atoms with Crippen LogP contribution in [0.5, 0.6) is 0 Å². The van der Waals surface area contributed by atoms with E-state index in [1.165, 1.54) is 0 Å². The van der Waals surface area contributed by atoms with E-state index in [1.807, 2.05) is 13.8 Å². The van der Waals surface area contributed by atoms with Crippen LogP contribution in [0.2, 0.25) is 0 Å². The first kappa shape index (κ1) is 20.2. The predicted octanol–water partition coefficient (Wildman–Crippen LogP) is 4.33. The van der Waals surface area contributed by atoms with Crippen molar-refractivity contribution >= 4 is 15.6 Å². The number of benzene rings is 1. The monoisotopic (exact) mass is 410 g/mol. The number of sulfone groups is 1. The van der Waals surface area contributed by atoms with Gasteiger partial charge in [0.15, 0.2) is 33.1 Å². The zero-order valence-corrected chi connectivity index (χ0v) is 15.7. The first-order valence-electron chi connectivity index (χ1n) is 8.64. The summed E-state index contributed by atoms with van der Waals surface area (Å²) in [5.74, 6) is -12.2. The van der Waals surface area contributed by atoms with Gasteiger partial charge in [-0.25, -0.2) is 30.4 Å². The van der Waals surface area contributed by atoms with Crippen LogP contribution in [-0.4, -0.2) is 20.0 Å². The fourth-order valence-electron chi connectivity index (χ4n) is 4.88. The lowest BCUT2D eigenvalue weighted by molar-refractivity contribution is -0.129. The maximum Gasteiger partial charge on any atom is 0.200 e. The molecule has 0 radical (unpaired) electrons. The van der Waals surface area contributed by atoms with Crippen LogP contribution in [0.1, 0.15) is 46.0 Å². The third kappa shape index (κ3) is 2.72. The molecule has 0 aliphatic heterocycles. The van der Waals surface area contributed by atoms with E-state index >= 15 is 0 Å². The van der Waals surface area contributed by atoms with Crippen LogP contribution in [0.25, 0.3) is 0 Å². The highest BCUT2D eigenvalue weighted by Crippen LogP contribution is 2.65. The Morgan fingerprint density at radius 3 is 1.93 bits per heavy atom. The van der Waals surface area contributed by atoms with Crippen molar-refractivity contribution in [2.45, 2.75) is 50.8 Å². The number of fused-ring (bicyclic) bond motifs is 2. The second-order valence-electron chi connectivity index (χ2n) is 7.99. The van der Waals surface area contributed by atoms with E-state index in [2.05, 4.69) is 0 Å². The smallest absolute Gasteiger partial charge is 0.200 e. The number of rotatable bonds is 5. The number of halogens is 5. The lowest BCUT2D eigenvalue weighted by atomic mass is 9.66. The molecule has 1 aromatic rings. The van der Waals surface area contributed by atoms with Gasteiger partial charge in [-0.1, -0.05) is 13.8 Å². The first-order valence-corrected chi connectivity index (χ1v) is 10.3. The van der Waals surface area contributed by atoms with Gasteiger partial charge in [0.1, 0.15) is 10.7 Å². The minimum Gasteiger partial charge on any atom is -0.299 e. The Morgan fingerprint density at radius 2 is 1.48 bits per heavy atom. The van der Waals surface area contributed by atoms with Crippen molar-refractivity contribution in [1.29, 1.82) is 0 Å². The third-order valence-corrected chi connectivity index (χ3v) is 8.44. The average molecular weight is 410 g/mol. The van der Waals surface area contributed by atoms with Gasteiger partial charge in [-0.15, -0.1) is 0 Å². The van der Waals surface area contributed by atoms with Crippen molar-refractivity contribution in [2.24, 2.45) is 16.7 Å². The summed E-state index contributed by atoms with van der Waals surface area (Å²) in [7, 11) is -4.76. The van der Waals surface area contributed by atoms with Crippen LogP contribution in [0.15, 0.2) is 4.90 Å². The van der Waals surface area contributed by atoms with Crippen LogP contribution in [0, 0.1) is 45.8 Å². The minimum absolute atomic E-state index is 0.0531. The van der Waals surface area contributed by atoms with Crippen LogP contribution in [-0.2, 0) is 14.6 Å². The largest absolute Gasteiger partial charge is 0.299 e. The highest BCUT2D eigenvalue weighted by atomic mass is 32.2. The van der Waals surface area contributed by atoms with E-state index in [-0.39, 0.29) is 30.0 Å². The number of ketones is 1. The van der Waals surface area contributed by atoms with E-state index in [0.29, 0.717) is 12.8 Å². The van der Waals surface area contributed by atoms with Gasteiger partial charge in [-0.3, -0.25) is 4.79 Å². The molecule has 2 atom stereocenters. The standard InChI is InChI=1S/C18H19F5O3S/c1-17(2)9-4-6-18(17,10(24)8-9)5-3-7-27(25,26)16-14(22)12(20)11(19)13(21)15(16)23/h9H,3-8H2,1-2H3. The molecule has 1 aromatic carbocycles. The van der Waals surface area contributed by atoms with E-state index in [9.17, 15) is 35.2 Å². The fourth-order valence-corrected chi connectivity index (χ4v) is 6.33. The second-order valence-corrected chi connectivity index (χ2v) is 10.0. The Kier molecular flexibility index (Phi) is 4.68. The molecular weight excluding hydrogens is 391 g/mol. The van der Waals surface area contributed by atoms with Crippen molar-refractivity contribution in [2.75, 3.05) is 5.75 Å². The lowest BCUT2D eigenvalue weighted by Gasteiger charge is -2.36.